The van der Waals surface area contributed by atoms with Crippen molar-refractivity contribution in [1.82, 2.24) is 19.9 Å². The zero-order valence-electron chi connectivity index (χ0n) is 26.6. The summed E-state index contributed by atoms with van der Waals surface area (Å²) in [6.45, 7) is 16.7. The highest BCUT2D eigenvalue weighted by Gasteiger charge is 2.33. The molecule has 0 radical (unpaired) electrons. The van der Waals surface area contributed by atoms with E-state index in [4.69, 9.17) is 25.2 Å². The van der Waals surface area contributed by atoms with Crippen molar-refractivity contribution in [3.63, 3.8) is 0 Å². The smallest absolute Gasteiger partial charge is 0.340 e. The van der Waals surface area contributed by atoms with Gasteiger partial charge in [0.25, 0.3) is 0 Å². The van der Waals surface area contributed by atoms with Crippen LogP contribution in [0.15, 0.2) is 18.2 Å². The van der Waals surface area contributed by atoms with E-state index in [1.54, 1.807) is 6.92 Å². The van der Waals surface area contributed by atoms with Crippen LogP contribution in [0.1, 0.15) is 110 Å². The molecule has 43 heavy (non-hydrogen) atoms. The Labute approximate surface area is 252 Å². The van der Waals surface area contributed by atoms with Gasteiger partial charge in [-0.05, 0) is 56.0 Å². The Morgan fingerprint density at radius 1 is 0.767 bits per heavy atom. The lowest BCUT2D eigenvalue weighted by atomic mass is 9.86. The van der Waals surface area contributed by atoms with Crippen LogP contribution in [0.2, 0.25) is 0 Å². The summed E-state index contributed by atoms with van der Waals surface area (Å²) in [6.07, 6.45) is 2.47. The van der Waals surface area contributed by atoms with Crippen molar-refractivity contribution < 1.29 is 19.1 Å². The number of nitrogens with zero attached hydrogens (tertiary/aromatic N) is 2. The second kappa shape index (κ2) is 11.2. The van der Waals surface area contributed by atoms with Crippen LogP contribution >= 0.6 is 0 Å². The summed E-state index contributed by atoms with van der Waals surface area (Å²) in [5, 5.41) is 0. The summed E-state index contributed by atoms with van der Waals surface area (Å²) < 4.78 is 11.0. The fraction of sp³-hybridized carbons (Fsp3) is 0.471. The molecule has 3 aromatic rings. The molecule has 0 fully saturated rings. The largest absolute Gasteiger partial charge is 0.462 e. The number of aromatic amines is 2. The maximum absolute atomic E-state index is 13.4. The van der Waals surface area contributed by atoms with Gasteiger partial charge in [-0.1, -0.05) is 41.5 Å². The topological polar surface area (TPSA) is 136 Å². The van der Waals surface area contributed by atoms with Crippen molar-refractivity contribution in [3.05, 3.63) is 63.2 Å². The molecule has 2 aliphatic rings. The van der Waals surface area contributed by atoms with E-state index in [0.29, 0.717) is 59.2 Å². The van der Waals surface area contributed by atoms with Gasteiger partial charge >= 0.3 is 11.9 Å². The molecule has 0 amide bonds. The summed E-state index contributed by atoms with van der Waals surface area (Å²) in [4.78, 5) is 43.7. The van der Waals surface area contributed by atoms with Crippen LogP contribution in [0.25, 0.3) is 22.1 Å². The monoisotopic (exact) mass is 585 g/mol. The molecule has 0 aromatic carbocycles. The Morgan fingerprint density at radius 2 is 1.30 bits per heavy atom. The number of hydrogen-bond acceptors (Lipinski definition) is 7. The van der Waals surface area contributed by atoms with E-state index in [2.05, 4.69) is 37.7 Å². The van der Waals surface area contributed by atoms with Crippen molar-refractivity contribution in [1.29, 1.82) is 0 Å². The molecule has 4 N–H and O–H groups in total. The predicted octanol–water partition coefficient (Wildman–Crippen LogP) is 6.42. The lowest BCUT2D eigenvalue weighted by Gasteiger charge is -2.16. The SMILES string of the molecule is CCOC(=O)c1c(CC)c2cc3nc(c(N)c4[nH]c(cc5nc(cc1[nH]2)CC5(C)C)c(CC)c4C(=O)OCC)CC3(C)C. The molecule has 5 rings (SSSR count). The molecular weight excluding hydrogens is 542 g/mol. The van der Waals surface area contributed by atoms with Crippen LogP contribution in [0, 0.1) is 0 Å². The Balaban J connectivity index is 2.00. The maximum Gasteiger partial charge on any atom is 0.340 e. The van der Waals surface area contributed by atoms with Crippen molar-refractivity contribution >= 4 is 39.7 Å². The van der Waals surface area contributed by atoms with Crippen molar-refractivity contribution in [3.8, 4) is 0 Å². The van der Waals surface area contributed by atoms with Crippen LogP contribution in [-0.2, 0) is 46.0 Å². The lowest BCUT2D eigenvalue weighted by molar-refractivity contribution is 0.0518. The molecule has 9 heteroatoms. The number of anilines is 1. The first-order valence-corrected chi connectivity index (χ1v) is 15.3. The van der Waals surface area contributed by atoms with Gasteiger partial charge in [0.1, 0.15) is 0 Å². The number of fused-ring (bicyclic) bond motifs is 8. The van der Waals surface area contributed by atoms with Gasteiger partial charge in [0.2, 0.25) is 0 Å². The van der Waals surface area contributed by atoms with E-state index in [9.17, 15) is 9.59 Å². The van der Waals surface area contributed by atoms with Crippen molar-refractivity contribution in [2.45, 2.75) is 91.9 Å². The van der Waals surface area contributed by atoms with Crippen molar-refractivity contribution in [2.75, 3.05) is 18.9 Å². The number of H-pyrrole nitrogens is 2. The van der Waals surface area contributed by atoms with Gasteiger partial charge in [0, 0.05) is 51.8 Å². The highest BCUT2D eigenvalue weighted by molar-refractivity contribution is 6.05. The van der Waals surface area contributed by atoms with Crippen LogP contribution in [-0.4, -0.2) is 45.1 Å². The minimum Gasteiger partial charge on any atom is -0.462 e. The molecule has 0 saturated carbocycles. The highest BCUT2D eigenvalue weighted by Crippen LogP contribution is 2.38. The molecule has 0 saturated heterocycles. The van der Waals surface area contributed by atoms with E-state index >= 15 is 0 Å². The number of nitrogens with one attached hydrogen (secondary N) is 2. The van der Waals surface area contributed by atoms with Crippen LogP contribution in [0.3, 0.4) is 0 Å². The third kappa shape index (κ3) is 5.30. The molecule has 9 nitrogen and oxygen atoms in total. The fourth-order valence-corrected chi connectivity index (χ4v) is 6.31. The van der Waals surface area contributed by atoms with Crippen LogP contribution in [0.4, 0.5) is 5.69 Å². The number of hydrogen-bond donors (Lipinski definition) is 3. The Morgan fingerprint density at radius 3 is 1.91 bits per heavy atom. The second-order valence-electron chi connectivity index (χ2n) is 12.6. The summed E-state index contributed by atoms with van der Waals surface area (Å²) in [7, 11) is 0. The number of ether oxygens (including phenoxy) is 2. The van der Waals surface area contributed by atoms with E-state index < -0.39 is 5.97 Å². The van der Waals surface area contributed by atoms with Crippen LogP contribution < -0.4 is 5.73 Å². The molecule has 0 atom stereocenters. The first kappa shape index (κ1) is 30.3. The number of nitrogens with two attached hydrogens (primary N) is 1. The number of aromatic nitrogens is 4. The highest BCUT2D eigenvalue weighted by atomic mass is 16.5. The van der Waals surface area contributed by atoms with Crippen molar-refractivity contribution in [2.24, 2.45) is 0 Å². The summed E-state index contributed by atoms with van der Waals surface area (Å²) in [6, 6.07) is 5.99. The zero-order valence-corrected chi connectivity index (χ0v) is 26.6. The molecule has 8 bridgehead atoms. The first-order chi connectivity index (χ1) is 20.3. The summed E-state index contributed by atoms with van der Waals surface area (Å²) >= 11 is 0. The Bertz CT molecular complexity index is 1780. The number of rotatable bonds is 6. The standard InChI is InChI=1S/C34H43N5O4/c1-9-19-21-14-26-34(7,8)17-24(38-26)29(35)30-28(32(41)43-12-4)20(10-2)22(39-30)15-25-33(5,6)16-18(36-25)13-23(37-21)27(19)31(40)42-11-3/h13-15,37,39H,9-12,16-17,35H2,1-8H3. The van der Waals surface area contributed by atoms with Gasteiger partial charge in [-0.3, -0.25) is 9.97 Å². The van der Waals surface area contributed by atoms with Gasteiger partial charge in [0.05, 0.1) is 46.8 Å². The number of carbonyl (C=O) groups is 2. The minimum absolute atomic E-state index is 0.256. The lowest BCUT2D eigenvalue weighted by Crippen LogP contribution is -2.15. The predicted molar refractivity (Wildman–Crippen MR) is 170 cm³/mol. The normalized spacial score (nSPS) is 15.3. The molecule has 3 aromatic heterocycles. The van der Waals surface area contributed by atoms with Gasteiger partial charge in [-0.25, -0.2) is 9.59 Å². The molecule has 0 spiro atoms. The van der Waals surface area contributed by atoms with E-state index in [-0.39, 0.29) is 30.0 Å². The van der Waals surface area contributed by atoms with E-state index in [0.717, 1.165) is 39.2 Å². The average molecular weight is 586 g/mol. The quantitative estimate of drug-likeness (QED) is 0.284. The first-order valence-electron chi connectivity index (χ1n) is 15.3. The molecule has 228 valence electrons. The Hall–Kier alpha value is -4.14. The Kier molecular flexibility index (Phi) is 7.88. The minimum atomic E-state index is -0.411. The van der Waals surface area contributed by atoms with Gasteiger partial charge < -0.3 is 25.2 Å². The maximum atomic E-state index is 13.4. The fourth-order valence-electron chi connectivity index (χ4n) is 6.31. The third-order valence-electron chi connectivity index (χ3n) is 8.56. The van der Waals surface area contributed by atoms with Gasteiger partial charge in [-0.15, -0.1) is 0 Å². The number of aryl methyl sites for hydroxylation is 2. The molecule has 0 unspecified atom stereocenters. The van der Waals surface area contributed by atoms with E-state index in [1.807, 2.05) is 39.0 Å². The summed E-state index contributed by atoms with van der Waals surface area (Å²) in [5.41, 5.74) is 15.4. The number of nitrogen functional groups attached to an aromatic ring is 1. The van der Waals surface area contributed by atoms with E-state index in [1.165, 1.54) is 0 Å². The molecule has 0 aliphatic carbocycles. The van der Waals surface area contributed by atoms with Gasteiger partial charge in [-0.2, -0.15) is 0 Å². The molecular formula is C34H43N5O4. The second-order valence-corrected chi connectivity index (χ2v) is 12.6. The molecule has 2 aliphatic heterocycles. The number of esters is 2. The number of carbonyl (C=O) groups excluding carboxylic acids is 2. The third-order valence-corrected chi connectivity index (χ3v) is 8.56. The summed E-state index contributed by atoms with van der Waals surface area (Å²) in [5.74, 6) is -0.770. The van der Waals surface area contributed by atoms with Gasteiger partial charge in [0.15, 0.2) is 0 Å². The zero-order chi connectivity index (χ0) is 31.3. The van der Waals surface area contributed by atoms with Crippen LogP contribution in [0.5, 0.6) is 0 Å². The molecule has 5 heterocycles. The average Bonchev–Trinajstić information content (AvgIpc) is 3.64.